The predicted molar refractivity (Wildman–Crippen MR) is 82.8 cm³/mol. The van der Waals surface area contributed by atoms with Gasteiger partial charge in [0, 0.05) is 6.54 Å². The zero-order valence-corrected chi connectivity index (χ0v) is 13.2. The predicted octanol–water partition coefficient (Wildman–Crippen LogP) is 2.66. The van der Waals surface area contributed by atoms with Crippen molar-refractivity contribution in [3.8, 4) is 5.75 Å². The first-order chi connectivity index (χ1) is 10.9. The highest BCUT2D eigenvalue weighted by Crippen LogP contribution is 2.36. The second kappa shape index (κ2) is 7.44. The van der Waals surface area contributed by atoms with E-state index < -0.39 is 23.1 Å². The fourth-order valence-electron chi connectivity index (χ4n) is 2.88. The molecule has 126 valence electrons. The lowest BCUT2D eigenvalue weighted by molar-refractivity contribution is -0.151. The Labute approximate surface area is 134 Å². The Morgan fingerprint density at radius 1 is 1.30 bits per heavy atom. The number of rotatable bonds is 6. The van der Waals surface area contributed by atoms with Crippen molar-refractivity contribution in [1.82, 2.24) is 5.32 Å². The van der Waals surface area contributed by atoms with E-state index in [1.165, 1.54) is 12.1 Å². The first-order valence-electron chi connectivity index (χ1n) is 7.82. The summed E-state index contributed by atoms with van der Waals surface area (Å²) in [4.78, 5) is 23.4. The van der Waals surface area contributed by atoms with Gasteiger partial charge in [-0.1, -0.05) is 25.3 Å². The van der Waals surface area contributed by atoms with Crippen LogP contribution >= 0.6 is 0 Å². The maximum atomic E-state index is 13.5. The quantitative estimate of drug-likeness (QED) is 0.844. The summed E-state index contributed by atoms with van der Waals surface area (Å²) in [6, 6.07) is 4.41. The molecule has 0 atom stereocenters. The molecule has 1 aromatic carbocycles. The molecule has 23 heavy (non-hydrogen) atoms. The average Bonchev–Trinajstić information content (AvgIpc) is 2.54. The van der Waals surface area contributed by atoms with Gasteiger partial charge < -0.3 is 15.2 Å². The molecular formula is C17H22FNO4. The van der Waals surface area contributed by atoms with Gasteiger partial charge in [-0.15, -0.1) is 0 Å². The molecule has 2 rings (SSSR count). The molecule has 0 heterocycles. The minimum atomic E-state index is -0.886. The van der Waals surface area contributed by atoms with E-state index in [-0.39, 0.29) is 18.9 Å². The smallest absolute Gasteiger partial charge is 0.311 e. The number of benzene rings is 1. The summed E-state index contributed by atoms with van der Waals surface area (Å²) in [5.41, 5.74) is -0.0588. The molecule has 0 spiro atoms. The molecule has 1 saturated carbocycles. The molecule has 1 aliphatic rings. The van der Waals surface area contributed by atoms with E-state index in [0.717, 1.165) is 24.8 Å². The number of carbonyl (C=O) groups excluding carboxylic acids is 1. The lowest BCUT2D eigenvalue weighted by atomic mass is 9.74. The Bertz CT molecular complexity index is 582. The number of halogens is 1. The molecular weight excluding hydrogens is 301 g/mol. The number of carbonyl (C=O) groups is 2. The van der Waals surface area contributed by atoms with E-state index in [1.807, 2.05) is 0 Å². The lowest BCUT2D eigenvalue weighted by Gasteiger charge is -2.33. The Hall–Kier alpha value is -2.11. The molecule has 5 nitrogen and oxygen atoms in total. The Morgan fingerprint density at radius 3 is 2.65 bits per heavy atom. The van der Waals surface area contributed by atoms with Gasteiger partial charge in [0.15, 0.2) is 18.2 Å². The number of aliphatic carboxylic acids is 1. The van der Waals surface area contributed by atoms with Crippen molar-refractivity contribution in [2.24, 2.45) is 5.41 Å². The van der Waals surface area contributed by atoms with Crippen LogP contribution in [0.3, 0.4) is 0 Å². The van der Waals surface area contributed by atoms with Gasteiger partial charge in [0.05, 0.1) is 5.41 Å². The minimum absolute atomic E-state index is 0.0192. The topological polar surface area (TPSA) is 75.6 Å². The number of aryl methyl sites for hydroxylation is 1. The molecule has 2 N–H and O–H groups in total. The summed E-state index contributed by atoms with van der Waals surface area (Å²) in [6.45, 7) is 1.54. The van der Waals surface area contributed by atoms with Crippen LogP contribution in [0.2, 0.25) is 0 Å². The Morgan fingerprint density at radius 2 is 2.00 bits per heavy atom. The van der Waals surface area contributed by atoms with Gasteiger partial charge in [-0.05, 0) is 37.5 Å². The normalized spacial score (nSPS) is 16.6. The van der Waals surface area contributed by atoms with Crippen LogP contribution in [0.15, 0.2) is 18.2 Å². The van der Waals surface area contributed by atoms with Crippen molar-refractivity contribution >= 4 is 11.9 Å². The van der Waals surface area contributed by atoms with Crippen molar-refractivity contribution in [3.05, 3.63) is 29.6 Å². The largest absolute Gasteiger partial charge is 0.481 e. The fourth-order valence-corrected chi connectivity index (χ4v) is 2.88. The van der Waals surface area contributed by atoms with Gasteiger partial charge >= 0.3 is 5.97 Å². The molecule has 1 amide bonds. The van der Waals surface area contributed by atoms with Gasteiger partial charge in [-0.2, -0.15) is 0 Å². The summed E-state index contributed by atoms with van der Waals surface area (Å²) in [5, 5.41) is 12.1. The molecule has 0 radical (unpaired) electrons. The maximum Gasteiger partial charge on any atom is 0.311 e. The van der Waals surface area contributed by atoms with Gasteiger partial charge in [0.25, 0.3) is 5.91 Å². The summed E-state index contributed by atoms with van der Waals surface area (Å²) in [6.07, 6.45) is 3.87. The SMILES string of the molecule is Cc1ccc(F)c(OCC(=O)NCC2(C(=O)O)CCCCC2)c1. The number of carboxylic acids is 1. The second-order valence-electron chi connectivity index (χ2n) is 6.15. The molecule has 0 bridgehead atoms. The number of hydrogen-bond donors (Lipinski definition) is 2. The van der Waals surface area contributed by atoms with Crippen LogP contribution in [-0.4, -0.2) is 30.1 Å². The van der Waals surface area contributed by atoms with Crippen LogP contribution in [0.4, 0.5) is 4.39 Å². The molecule has 1 fully saturated rings. The molecule has 0 aromatic heterocycles. The van der Waals surface area contributed by atoms with E-state index in [4.69, 9.17) is 4.74 Å². The van der Waals surface area contributed by atoms with Crippen LogP contribution in [0.5, 0.6) is 5.75 Å². The number of hydrogen-bond acceptors (Lipinski definition) is 3. The number of carboxylic acid groups (broad SMARTS) is 1. The van der Waals surface area contributed by atoms with E-state index >= 15 is 0 Å². The third-order valence-corrected chi connectivity index (χ3v) is 4.33. The van der Waals surface area contributed by atoms with Gasteiger partial charge in [0.2, 0.25) is 0 Å². The lowest BCUT2D eigenvalue weighted by Crippen LogP contribution is -2.45. The highest BCUT2D eigenvalue weighted by atomic mass is 19.1. The summed E-state index contributed by atoms with van der Waals surface area (Å²) >= 11 is 0. The average molecular weight is 323 g/mol. The van der Waals surface area contributed by atoms with E-state index in [9.17, 15) is 19.1 Å². The Balaban J connectivity index is 1.87. The maximum absolute atomic E-state index is 13.5. The van der Waals surface area contributed by atoms with Gasteiger partial charge in [-0.25, -0.2) is 4.39 Å². The number of ether oxygens (including phenoxy) is 1. The van der Waals surface area contributed by atoms with Crippen molar-refractivity contribution in [1.29, 1.82) is 0 Å². The highest BCUT2D eigenvalue weighted by Gasteiger charge is 2.39. The van der Waals surface area contributed by atoms with Crippen LogP contribution < -0.4 is 10.1 Å². The number of amides is 1. The second-order valence-corrected chi connectivity index (χ2v) is 6.15. The molecule has 6 heteroatoms. The highest BCUT2D eigenvalue weighted by molar-refractivity contribution is 5.80. The van der Waals surface area contributed by atoms with Crippen molar-refractivity contribution in [2.45, 2.75) is 39.0 Å². The summed E-state index contributed by atoms with van der Waals surface area (Å²) in [5.74, 6) is -1.83. The van der Waals surface area contributed by atoms with Crippen LogP contribution in [0.25, 0.3) is 0 Å². The first-order valence-corrected chi connectivity index (χ1v) is 7.82. The molecule has 1 aliphatic carbocycles. The summed E-state index contributed by atoms with van der Waals surface area (Å²) in [7, 11) is 0. The van der Waals surface area contributed by atoms with E-state index in [0.29, 0.717) is 12.8 Å². The first kappa shape index (κ1) is 17.2. The summed E-state index contributed by atoms with van der Waals surface area (Å²) < 4.78 is 18.7. The monoisotopic (exact) mass is 323 g/mol. The molecule has 0 unspecified atom stereocenters. The van der Waals surface area contributed by atoms with Gasteiger partial charge in [-0.3, -0.25) is 9.59 Å². The zero-order chi connectivity index (χ0) is 16.9. The van der Waals surface area contributed by atoms with Crippen LogP contribution in [0, 0.1) is 18.2 Å². The van der Waals surface area contributed by atoms with Crippen molar-refractivity contribution in [2.75, 3.05) is 13.2 Å². The fraction of sp³-hybridized carbons (Fsp3) is 0.529. The van der Waals surface area contributed by atoms with Crippen molar-refractivity contribution in [3.63, 3.8) is 0 Å². The van der Waals surface area contributed by atoms with Crippen LogP contribution in [-0.2, 0) is 9.59 Å². The number of nitrogens with one attached hydrogen (secondary N) is 1. The third-order valence-electron chi connectivity index (χ3n) is 4.33. The standard InChI is InChI=1S/C17H22FNO4/c1-12-5-6-13(18)14(9-12)23-10-15(20)19-11-17(16(21)22)7-3-2-4-8-17/h5-6,9H,2-4,7-8,10-11H2,1H3,(H,19,20)(H,21,22). The minimum Gasteiger partial charge on any atom is -0.481 e. The van der Waals surface area contributed by atoms with E-state index in [1.54, 1.807) is 13.0 Å². The van der Waals surface area contributed by atoms with Gasteiger partial charge in [0.1, 0.15) is 0 Å². The zero-order valence-electron chi connectivity index (χ0n) is 13.2. The Kier molecular flexibility index (Phi) is 5.58. The molecule has 0 aliphatic heterocycles. The van der Waals surface area contributed by atoms with Crippen molar-refractivity contribution < 1.29 is 23.8 Å². The molecule has 0 saturated heterocycles. The van der Waals surface area contributed by atoms with E-state index in [2.05, 4.69) is 5.32 Å². The molecule has 1 aromatic rings. The van der Waals surface area contributed by atoms with Crippen LogP contribution in [0.1, 0.15) is 37.7 Å². The third kappa shape index (κ3) is 4.43.